The third kappa shape index (κ3) is 7.46. The highest BCUT2D eigenvalue weighted by atomic mass is 32.2. The number of carbonyl (C=O) groups is 2. The summed E-state index contributed by atoms with van der Waals surface area (Å²) >= 11 is 1.25. The number of hydrogen-bond acceptors (Lipinski definition) is 6. The number of alkyl halides is 3. The Bertz CT molecular complexity index is 1660. The van der Waals surface area contributed by atoms with E-state index < -0.39 is 12.4 Å². The molecule has 228 valence electrons. The van der Waals surface area contributed by atoms with E-state index in [0.717, 1.165) is 28.8 Å². The molecule has 44 heavy (non-hydrogen) atoms. The largest absolute Gasteiger partial charge is 0.573 e. The van der Waals surface area contributed by atoms with Crippen molar-refractivity contribution < 1.29 is 27.5 Å². The Kier molecular flexibility index (Phi) is 9.33. The van der Waals surface area contributed by atoms with E-state index in [1.165, 1.54) is 51.9 Å². The zero-order valence-electron chi connectivity index (χ0n) is 23.9. The molecule has 0 bridgehead atoms. The van der Waals surface area contributed by atoms with Crippen molar-refractivity contribution in [3.63, 3.8) is 0 Å². The molecule has 1 atom stereocenters. The number of carbonyl (C=O) groups excluding carboxylic acids is 2. The number of amidine groups is 1. The van der Waals surface area contributed by atoms with Crippen LogP contribution in [0.25, 0.3) is 17.1 Å². The average Bonchev–Trinajstić information content (AvgIpc) is 3.64. The number of rotatable bonds is 9. The average molecular weight is 623 g/mol. The third-order valence-electron chi connectivity index (χ3n) is 6.99. The fourth-order valence-electron chi connectivity index (χ4n) is 4.68. The number of nitrogens with one attached hydrogen (secondary N) is 1. The molecule has 9 nitrogen and oxygen atoms in total. The molecule has 1 aromatic heterocycles. The Hall–Kier alpha value is -4.65. The van der Waals surface area contributed by atoms with Crippen LogP contribution in [0.4, 0.5) is 23.7 Å². The van der Waals surface area contributed by atoms with Crippen LogP contribution in [-0.2, 0) is 11.2 Å². The van der Waals surface area contributed by atoms with E-state index in [2.05, 4.69) is 32.1 Å². The fraction of sp³-hybridized carbons (Fsp3) is 0.258. The number of hydrogen-bond donors (Lipinski definition) is 1. The van der Waals surface area contributed by atoms with Gasteiger partial charge in [-0.25, -0.2) is 14.5 Å². The molecule has 1 aliphatic heterocycles. The van der Waals surface area contributed by atoms with E-state index >= 15 is 0 Å². The Morgan fingerprint density at radius 3 is 2.52 bits per heavy atom. The van der Waals surface area contributed by atoms with Gasteiger partial charge in [0.1, 0.15) is 12.1 Å². The first kappa shape index (κ1) is 30.8. The highest BCUT2D eigenvalue weighted by Crippen LogP contribution is 2.30. The van der Waals surface area contributed by atoms with Crippen LogP contribution in [0.15, 0.2) is 84.1 Å². The van der Waals surface area contributed by atoms with Gasteiger partial charge < -0.3 is 10.1 Å². The van der Waals surface area contributed by atoms with Crippen LogP contribution in [0.5, 0.6) is 5.75 Å². The lowest BCUT2D eigenvalue weighted by molar-refractivity contribution is -0.274. The maximum Gasteiger partial charge on any atom is 0.573 e. The molecule has 13 heteroatoms. The molecule has 3 aromatic carbocycles. The molecule has 1 unspecified atom stereocenters. The Balaban J connectivity index is 1.15. The molecular weight excluding hydrogens is 593 g/mol. The SMILES string of the molecule is CCc1ccccc1N1C(=O)CS/C1=N\C(=O)NCCC(C)c1ccc(-c2ncn(-c3ccc(OC(F)(F)F)cc3)n2)cc1. The van der Waals surface area contributed by atoms with Crippen LogP contribution in [0.1, 0.15) is 37.3 Å². The second kappa shape index (κ2) is 13.3. The monoisotopic (exact) mass is 622 g/mol. The number of urea groups is 1. The molecule has 0 radical (unpaired) electrons. The van der Waals surface area contributed by atoms with E-state index in [1.807, 2.05) is 55.5 Å². The molecular formula is C31H29F3N6O3S. The minimum absolute atomic E-state index is 0.102. The maximum absolute atomic E-state index is 12.6. The van der Waals surface area contributed by atoms with Crippen molar-refractivity contribution in [1.29, 1.82) is 0 Å². The van der Waals surface area contributed by atoms with Crippen molar-refractivity contribution >= 4 is 34.6 Å². The number of amides is 3. The van der Waals surface area contributed by atoms with Crippen LogP contribution in [-0.4, -0.2) is 50.5 Å². The van der Waals surface area contributed by atoms with Crippen molar-refractivity contribution in [2.75, 3.05) is 17.2 Å². The number of anilines is 1. The lowest BCUT2D eigenvalue weighted by Gasteiger charge is -2.19. The zero-order valence-corrected chi connectivity index (χ0v) is 24.7. The molecule has 0 aliphatic carbocycles. The number of benzene rings is 3. The molecule has 0 saturated carbocycles. The summed E-state index contributed by atoms with van der Waals surface area (Å²) in [4.78, 5) is 35.2. The van der Waals surface area contributed by atoms with Gasteiger partial charge in [0.05, 0.1) is 17.1 Å². The summed E-state index contributed by atoms with van der Waals surface area (Å²) in [7, 11) is 0. The van der Waals surface area contributed by atoms with E-state index in [4.69, 9.17) is 0 Å². The molecule has 1 N–H and O–H groups in total. The van der Waals surface area contributed by atoms with Gasteiger partial charge in [-0.3, -0.25) is 9.69 Å². The number of ether oxygens (including phenoxy) is 1. The number of thioether (sulfide) groups is 1. The molecule has 5 rings (SSSR count). The number of aliphatic imine (C=N–C) groups is 1. The van der Waals surface area contributed by atoms with Crippen LogP contribution in [0, 0.1) is 0 Å². The molecule has 1 fully saturated rings. The number of aromatic nitrogens is 3. The molecule has 0 spiro atoms. The topological polar surface area (TPSA) is 102 Å². The first-order valence-electron chi connectivity index (χ1n) is 13.9. The quantitative estimate of drug-likeness (QED) is 0.222. The van der Waals surface area contributed by atoms with Gasteiger partial charge in [0.15, 0.2) is 11.0 Å². The van der Waals surface area contributed by atoms with Gasteiger partial charge >= 0.3 is 12.4 Å². The van der Waals surface area contributed by atoms with Gasteiger partial charge in [0, 0.05) is 12.1 Å². The third-order valence-corrected chi connectivity index (χ3v) is 7.92. The lowest BCUT2D eigenvalue weighted by Crippen LogP contribution is -2.32. The minimum atomic E-state index is -4.75. The highest BCUT2D eigenvalue weighted by Gasteiger charge is 2.32. The normalized spacial score (nSPS) is 15.1. The molecule has 1 saturated heterocycles. The maximum atomic E-state index is 12.6. The van der Waals surface area contributed by atoms with Gasteiger partial charge in [-0.15, -0.1) is 18.3 Å². The van der Waals surface area contributed by atoms with Gasteiger partial charge in [-0.2, -0.15) is 4.99 Å². The van der Waals surface area contributed by atoms with Gasteiger partial charge in [0.2, 0.25) is 5.91 Å². The molecule has 4 aromatic rings. The Morgan fingerprint density at radius 2 is 1.82 bits per heavy atom. The summed E-state index contributed by atoms with van der Waals surface area (Å²) in [6, 6.07) is 20.2. The summed E-state index contributed by atoms with van der Waals surface area (Å²) in [5.74, 6) is 0.417. The number of nitrogens with zero attached hydrogens (tertiary/aromatic N) is 5. The first-order valence-corrected chi connectivity index (χ1v) is 14.9. The number of halogens is 3. The number of aryl methyl sites for hydroxylation is 1. The van der Waals surface area contributed by atoms with Crippen LogP contribution < -0.4 is 15.0 Å². The molecule has 3 amide bonds. The lowest BCUT2D eigenvalue weighted by atomic mass is 9.96. The van der Waals surface area contributed by atoms with Gasteiger partial charge in [-0.1, -0.05) is 68.1 Å². The van der Waals surface area contributed by atoms with Crippen molar-refractivity contribution in [1.82, 2.24) is 20.1 Å². The van der Waals surface area contributed by atoms with Crippen LogP contribution in [0.3, 0.4) is 0 Å². The van der Waals surface area contributed by atoms with Crippen LogP contribution >= 0.6 is 11.8 Å². The summed E-state index contributed by atoms with van der Waals surface area (Å²) in [5.41, 5.74) is 4.14. The Labute approximate surface area is 256 Å². The Morgan fingerprint density at radius 1 is 1.09 bits per heavy atom. The minimum Gasteiger partial charge on any atom is -0.406 e. The summed E-state index contributed by atoms with van der Waals surface area (Å²) in [6.45, 7) is 4.48. The van der Waals surface area contributed by atoms with Gasteiger partial charge in [-0.05, 0) is 60.2 Å². The predicted octanol–water partition coefficient (Wildman–Crippen LogP) is 6.73. The van der Waals surface area contributed by atoms with E-state index in [1.54, 1.807) is 0 Å². The smallest absolute Gasteiger partial charge is 0.406 e. The highest BCUT2D eigenvalue weighted by molar-refractivity contribution is 8.15. The van der Waals surface area contributed by atoms with Crippen LogP contribution in [0.2, 0.25) is 0 Å². The number of para-hydroxylation sites is 1. The fourth-order valence-corrected chi connectivity index (χ4v) is 5.54. The van der Waals surface area contributed by atoms with Crippen molar-refractivity contribution in [3.05, 3.63) is 90.3 Å². The zero-order chi connectivity index (χ0) is 31.3. The molecule has 1 aliphatic rings. The second-order valence-corrected chi connectivity index (χ2v) is 10.9. The van der Waals surface area contributed by atoms with Crippen molar-refractivity contribution in [3.8, 4) is 22.8 Å². The van der Waals surface area contributed by atoms with E-state index in [-0.39, 0.29) is 23.3 Å². The summed E-state index contributed by atoms with van der Waals surface area (Å²) in [6.07, 6.45) is -1.84. The second-order valence-electron chi connectivity index (χ2n) is 9.99. The standard InChI is InChI=1S/C31H29F3N6O3S/c1-3-21-6-4-5-7-26(21)40-27(41)18-44-30(40)37-29(42)35-17-16-20(2)22-8-10-23(11-9-22)28-36-19-39(38-28)24-12-14-25(15-13-24)43-31(32,33)34/h4-15,19-20H,3,16-18H2,1-2H3,(H,35,42)/b37-30-. The first-order chi connectivity index (χ1) is 21.1. The van der Waals surface area contributed by atoms with Crippen molar-refractivity contribution in [2.45, 2.75) is 39.0 Å². The molecule has 2 heterocycles. The van der Waals surface area contributed by atoms with E-state index in [9.17, 15) is 22.8 Å². The summed E-state index contributed by atoms with van der Waals surface area (Å²) < 4.78 is 42.6. The predicted molar refractivity (Wildman–Crippen MR) is 163 cm³/mol. The van der Waals surface area contributed by atoms with Crippen molar-refractivity contribution in [2.24, 2.45) is 4.99 Å². The van der Waals surface area contributed by atoms with Gasteiger partial charge in [0.25, 0.3) is 0 Å². The van der Waals surface area contributed by atoms with E-state index in [0.29, 0.717) is 29.6 Å². The summed E-state index contributed by atoms with van der Waals surface area (Å²) in [5, 5.41) is 7.64.